The summed E-state index contributed by atoms with van der Waals surface area (Å²) in [6, 6.07) is 16.5. The summed E-state index contributed by atoms with van der Waals surface area (Å²) in [5.41, 5.74) is 5.61. The predicted molar refractivity (Wildman–Crippen MR) is 114 cm³/mol. The maximum absolute atomic E-state index is 13.3. The van der Waals surface area contributed by atoms with Crippen molar-refractivity contribution in [3.63, 3.8) is 0 Å². The van der Waals surface area contributed by atoms with Crippen molar-refractivity contribution in [1.82, 2.24) is 20.0 Å². The van der Waals surface area contributed by atoms with Gasteiger partial charge in [0, 0.05) is 23.2 Å². The van der Waals surface area contributed by atoms with E-state index in [4.69, 9.17) is 0 Å². The molecule has 0 amide bonds. The van der Waals surface area contributed by atoms with Crippen molar-refractivity contribution < 1.29 is 4.39 Å². The molecule has 5 nitrogen and oxygen atoms in total. The lowest BCUT2D eigenvalue weighted by Crippen LogP contribution is -2.18. The third-order valence-corrected chi connectivity index (χ3v) is 5.73. The van der Waals surface area contributed by atoms with Crippen molar-refractivity contribution >= 4 is 0 Å². The summed E-state index contributed by atoms with van der Waals surface area (Å²) < 4.78 is 14.7. The van der Waals surface area contributed by atoms with Gasteiger partial charge >= 0.3 is 0 Å². The van der Waals surface area contributed by atoms with E-state index >= 15 is 0 Å². The van der Waals surface area contributed by atoms with E-state index in [0.29, 0.717) is 30.1 Å². The normalized spacial score (nSPS) is 13.7. The number of benzene rings is 2. The Kier molecular flexibility index (Phi) is 4.62. The van der Waals surface area contributed by atoms with E-state index in [-0.39, 0.29) is 11.4 Å². The molecule has 1 fully saturated rings. The van der Waals surface area contributed by atoms with Crippen molar-refractivity contribution in [1.29, 1.82) is 0 Å². The standard InChI is InChI=1S/C24H23FN4O/c1-15-2-7-18(8-3-15)23-20(13-6-16-4-11-19(25)12-5-16)24(30)29(28-23)22-14-21(26-27-22)17-9-10-17/h2-5,7-8,11-12,14,17,28H,6,9-10,13H2,1H3,(H,26,27). The number of aromatic nitrogens is 4. The summed E-state index contributed by atoms with van der Waals surface area (Å²) in [5, 5.41) is 10.7. The van der Waals surface area contributed by atoms with Gasteiger partial charge in [-0.2, -0.15) is 9.78 Å². The Morgan fingerprint density at radius 1 is 1.07 bits per heavy atom. The molecule has 0 radical (unpaired) electrons. The first-order valence-electron chi connectivity index (χ1n) is 10.3. The van der Waals surface area contributed by atoms with Crippen LogP contribution in [0.2, 0.25) is 0 Å². The van der Waals surface area contributed by atoms with Gasteiger partial charge in [-0.25, -0.2) is 4.39 Å². The average molecular weight is 402 g/mol. The molecule has 0 spiro atoms. The molecule has 1 saturated carbocycles. The van der Waals surface area contributed by atoms with Crippen LogP contribution in [0.5, 0.6) is 0 Å². The molecule has 0 bridgehead atoms. The third-order valence-electron chi connectivity index (χ3n) is 5.73. The zero-order valence-electron chi connectivity index (χ0n) is 16.8. The largest absolute Gasteiger partial charge is 0.289 e. The summed E-state index contributed by atoms with van der Waals surface area (Å²) in [4.78, 5) is 13.3. The molecular weight excluding hydrogens is 379 g/mol. The molecule has 5 rings (SSSR count). The molecule has 0 saturated heterocycles. The van der Waals surface area contributed by atoms with E-state index in [9.17, 15) is 9.18 Å². The van der Waals surface area contributed by atoms with Crippen LogP contribution in [0.4, 0.5) is 4.39 Å². The SMILES string of the molecule is Cc1ccc(-c2[nH]n(-c3cc(C4CC4)[nH]n3)c(=O)c2CCc2ccc(F)cc2)cc1. The Hall–Kier alpha value is -3.41. The molecular formula is C24H23FN4O. The maximum atomic E-state index is 13.3. The number of aromatic amines is 2. The van der Waals surface area contributed by atoms with E-state index in [1.165, 1.54) is 29.7 Å². The second kappa shape index (κ2) is 7.44. The van der Waals surface area contributed by atoms with Crippen molar-refractivity contribution in [2.45, 2.75) is 38.5 Å². The second-order valence-corrected chi connectivity index (χ2v) is 8.05. The number of nitrogens with one attached hydrogen (secondary N) is 2. The van der Waals surface area contributed by atoms with Crippen LogP contribution in [0.1, 0.15) is 41.1 Å². The van der Waals surface area contributed by atoms with Crippen molar-refractivity contribution in [3.8, 4) is 17.1 Å². The van der Waals surface area contributed by atoms with Crippen LogP contribution in [0.25, 0.3) is 17.1 Å². The number of hydrogen-bond acceptors (Lipinski definition) is 2. The first-order valence-corrected chi connectivity index (χ1v) is 10.3. The molecule has 6 heteroatoms. The van der Waals surface area contributed by atoms with Crippen LogP contribution >= 0.6 is 0 Å². The fourth-order valence-electron chi connectivity index (χ4n) is 3.79. The predicted octanol–water partition coefficient (Wildman–Crippen LogP) is 4.67. The monoisotopic (exact) mass is 402 g/mol. The summed E-state index contributed by atoms with van der Waals surface area (Å²) >= 11 is 0. The van der Waals surface area contributed by atoms with E-state index in [2.05, 4.69) is 15.3 Å². The fraction of sp³-hybridized carbons (Fsp3) is 0.250. The minimum Gasteiger partial charge on any atom is -0.289 e. The summed E-state index contributed by atoms with van der Waals surface area (Å²) in [6.45, 7) is 2.04. The summed E-state index contributed by atoms with van der Waals surface area (Å²) in [7, 11) is 0. The van der Waals surface area contributed by atoms with Gasteiger partial charge in [-0.1, -0.05) is 42.0 Å². The molecule has 2 N–H and O–H groups in total. The number of aryl methyl sites for hydroxylation is 2. The van der Waals surface area contributed by atoms with Crippen LogP contribution in [-0.2, 0) is 12.8 Å². The highest BCUT2D eigenvalue weighted by Crippen LogP contribution is 2.39. The van der Waals surface area contributed by atoms with Gasteiger partial charge in [0.25, 0.3) is 5.56 Å². The van der Waals surface area contributed by atoms with Crippen molar-refractivity contribution in [3.05, 3.63) is 93.2 Å². The second-order valence-electron chi connectivity index (χ2n) is 8.05. The molecule has 0 unspecified atom stereocenters. The molecule has 0 aliphatic heterocycles. The number of nitrogens with zero attached hydrogens (tertiary/aromatic N) is 2. The Morgan fingerprint density at radius 3 is 2.50 bits per heavy atom. The first-order chi connectivity index (χ1) is 14.6. The molecule has 2 aromatic carbocycles. The molecule has 2 aromatic heterocycles. The van der Waals surface area contributed by atoms with Crippen LogP contribution in [-0.4, -0.2) is 20.0 Å². The Balaban J connectivity index is 1.53. The minimum absolute atomic E-state index is 0.0958. The zero-order chi connectivity index (χ0) is 20.7. The molecule has 2 heterocycles. The zero-order valence-corrected chi connectivity index (χ0v) is 16.8. The van der Waals surface area contributed by atoms with Gasteiger partial charge in [0.15, 0.2) is 5.82 Å². The average Bonchev–Trinajstić information content (AvgIpc) is 3.40. The lowest BCUT2D eigenvalue weighted by atomic mass is 10.0. The molecule has 1 aliphatic carbocycles. The van der Waals surface area contributed by atoms with Crippen LogP contribution in [0.15, 0.2) is 59.4 Å². The number of rotatable bonds is 6. The maximum Gasteiger partial charge on any atom is 0.276 e. The van der Waals surface area contributed by atoms with Gasteiger partial charge in [-0.3, -0.25) is 15.0 Å². The molecule has 152 valence electrons. The van der Waals surface area contributed by atoms with Crippen LogP contribution in [0.3, 0.4) is 0 Å². The molecule has 0 atom stereocenters. The lowest BCUT2D eigenvalue weighted by molar-refractivity contribution is 0.627. The fourth-order valence-corrected chi connectivity index (χ4v) is 3.79. The van der Waals surface area contributed by atoms with Crippen LogP contribution < -0.4 is 5.56 Å². The van der Waals surface area contributed by atoms with E-state index < -0.39 is 0 Å². The Morgan fingerprint density at radius 2 is 1.80 bits per heavy atom. The van der Waals surface area contributed by atoms with Crippen molar-refractivity contribution in [2.75, 3.05) is 0 Å². The topological polar surface area (TPSA) is 66.5 Å². The van der Waals surface area contributed by atoms with Gasteiger partial charge in [-0.05, 0) is 55.9 Å². The highest BCUT2D eigenvalue weighted by atomic mass is 19.1. The molecule has 1 aliphatic rings. The summed E-state index contributed by atoms with van der Waals surface area (Å²) in [5.74, 6) is 0.864. The Labute approximate surface area is 173 Å². The highest BCUT2D eigenvalue weighted by Gasteiger charge is 2.26. The van der Waals surface area contributed by atoms with Gasteiger partial charge in [0.05, 0.1) is 5.69 Å². The highest BCUT2D eigenvalue weighted by molar-refractivity contribution is 5.63. The number of halogens is 1. The number of hydrogen-bond donors (Lipinski definition) is 2. The first kappa shape index (κ1) is 18.6. The summed E-state index contributed by atoms with van der Waals surface area (Å²) in [6.07, 6.45) is 3.54. The van der Waals surface area contributed by atoms with Gasteiger partial charge < -0.3 is 0 Å². The smallest absolute Gasteiger partial charge is 0.276 e. The van der Waals surface area contributed by atoms with E-state index in [0.717, 1.165) is 28.1 Å². The quantitative estimate of drug-likeness (QED) is 0.492. The number of H-pyrrole nitrogens is 2. The lowest BCUT2D eigenvalue weighted by Gasteiger charge is -2.04. The van der Waals surface area contributed by atoms with Crippen molar-refractivity contribution in [2.24, 2.45) is 0 Å². The molecule has 30 heavy (non-hydrogen) atoms. The Bertz CT molecular complexity index is 1230. The van der Waals surface area contributed by atoms with Gasteiger partial charge in [-0.15, -0.1) is 0 Å². The van der Waals surface area contributed by atoms with Gasteiger partial charge in [0.1, 0.15) is 5.82 Å². The molecule has 4 aromatic rings. The minimum atomic E-state index is -0.256. The third kappa shape index (κ3) is 3.61. The van der Waals surface area contributed by atoms with Gasteiger partial charge in [0.2, 0.25) is 0 Å². The van der Waals surface area contributed by atoms with Crippen LogP contribution in [0, 0.1) is 12.7 Å². The van der Waals surface area contributed by atoms with E-state index in [1.807, 2.05) is 37.3 Å². The van der Waals surface area contributed by atoms with E-state index in [1.54, 1.807) is 12.1 Å².